The summed E-state index contributed by atoms with van der Waals surface area (Å²) < 4.78 is 27.2. The Bertz CT molecular complexity index is 482. The van der Waals surface area contributed by atoms with Crippen LogP contribution >= 0.6 is 0 Å². The molecule has 2 rings (SSSR count). The Balaban J connectivity index is 2.56. The average Bonchev–Trinajstić information content (AvgIpc) is 2.78. The van der Waals surface area contributed by atoms with Crippen LogP contribution in [0.2, 0.25) is 0 Å². The molecule has 0 spiro atoms. The third kappa shape index (κ3) is 1.99. The zero-order valence-electron chi connectivity index (χ0n) is 9.88. The van der Waals surface area contributed by atoms with E-state index in [0.717, 1.165) is 18.9 Å². The topological polar surface area (TPSA) is 63.3 Å². The first-order valence-corrected chi connectivity index (χ1v) is 5.93. The Labute approximate surface area is 104 Å². The fraction of sp³-hybridized carbons (Fsp3) is 0.462. The predicted molar refractivity (Wildman–Crippen MR) is 62.5 cm³/mol. The van der Waals surface area contributed by atoms with Gasteiger partial charge in [-0.3, -0.25) is 0 Å². The molecule has 0 bridgehead atoms. The van der Waals surface area contributed by atoms with Crippen LogP contribution in [0.1, 0.15) is 41.6 Å². The first-order chi connectivity index (χ1) is 8.50. The Morgan fingerprint density at radius 2 is 1.89 bits per heavy atom. The highest BCUT2D eigenvalue weighted by Gasteiger charge is 2.37. The van der Waals surface area contributed by atoms with Crippen LogP contribution in [0.15, 0.2) is 12.1 Å². The van der Waals surface area contributed by atoms with E-state index in [2.05, 4.69) is 0 Å². The van der Waals surface area contributed by atoms with Gasteiger partial charge in [-0.25, -0.2) is 13.6 Å². The number of nitrogens with two attached hydrogens (primary N) is 1. The quantitative estimate of drug-likeness (QED) is 0.871. The van der Waals surface area contributed by atoms with E-state index in [4.69, 9.17) is 10.8 Å². The lowest BCUT2D eigenvalue weighted by Gasteiger charge is -2.28. The molecule has 0 aromatic heterocycles. The summed E-state index contributed by atoms with van der Waals surface area (Å²) in [6, 6.07) is 1.75. The van der Waals surface area contributed by atoms with E-state index in [1.165, 1.54) is 0 Å². The van der Waals surface area contributed by atoms with Gasteiger partial charge in [-0.1, -0.05) is 12.8 Å². The van der Waals surface area contributed by atoms with Gasteiger partial charge in [0.2, 0.25) is 0 Å². The van der Waals surface area contributed by atoms with Crippen LogP contribution in [0.4, 0.5) is 8.78 Å². The minimum absolute atomic E-state index is 0.237. The lowest BCUT2D eigenvalue weighted by molar-refractivity contribution is 0.0691. The Morgan fingerprint density at radius 3 is 2.39 bits per heavy atom. The van der Waals surface area contributed by atoms with Crippen LogP contribution in [0, 0.1) is 11.6 Å². The standard InChI is InChI=1S/C13H15F2NO2/c14-10-6-11(15)9(5-8(10)12(17)18)13(7-16)3-1-2-4-13/h5-6H,1-4,7,16H2,(H,17,18). The van der Waals surface area contributed by atoms with Crippen molar-refractivity contribution in [3.05, 3.63) is 34.9 Å². The molecule has 98 valence electrons. The normalized spacial score (nSPS) is 17.9. The minimum atomic E-state index is -1.39. The SMILES string of the molecule is NCC1(c2cc(C(=O)O)c(F)cc2F)CCCC1. The molecule has 1 aliphatic rings. The number of aromatic carboxylic acids is 1. The summed E-state index contributed by atoms with van der Waals surface area (Å²) in [6.07, 6.45) is 3.28. The van der Waals surface area contributed by atoms with Gasteiger partial charge in [0, 0.05) is 18.0 Å². The predicted octanol–water partition coefficient (Wildman–Crippen LogP) is 2.43. The van der Waals surface area contributed by atoms with Crippen molar-refractivity contribution in [1.82, 2.24) is 0 Å². The molecular formula is C13H15F2NO2. The van der Waals surface area contributed by atoms with E-state index in [-0.39, 0.29) is 12.1 Å². The van der Waals surface area contributed by atoms with Gasteiger partial charge in [0.1, 0.15) is 11.6 Å². The average molecular weight is 255 g/mol. The van der Waals surface area contributed by atoms with Crippen LogP contribution < -0.4 is 5.73 Å². The molecule has 0 saturated heterocycles. The van der Waals surface area contributed by atoms with Gasteiger partial charge in [-0.15, -0.1) is 0 Å². The van der Waals surface area contributed by atoms with Crippen LogP contribution in [0.25, 0.3) is 0 Å². The van der Waals surface area contributed by atoms with E-state index >= 15 is 0 Å². The summed E-state index contributed by atoms with van der Waals surface area (Å²) in [4.78, 5) is 10.9. The highest BCUT2D eigenvalue weighted by Crippen LogP contribution is 2.41. The number of carboxylic acids is 1. The minimum Gasteiger partial charge on any atom is -0.478 e. The molecule has 0 amide bonds. The lowest BCUT2D eigenvalue weighted by atomic mass is 9.78. The van der Waals surface area contributed by atoms with Gasteiger partial charge < -0.3 is 10.8 Å². The maximum absolute atomic E-state index is 13.9. The van der Waals surface area contributed by atoms with E-state index in [9.17, 15) is 13.6 Å². The van der Waals surface area contributed by atoms with Crippen LogP contribution in [0.3, 0.4) is 0 Å². The smallest absolute Gasteiger partial charge is 0.338 e. The molecule has 1 saturated carbocycles. The summed E-state index contributed by atoms with van der Waals surface area (Å²) in [5.74, 6) is -3.14. The maximum atomic E-state index is 13.9. The molecule has 3 N–H and O–H groups in total. The van der Waals surface area contributed by atoms with Crippen LogP contribution in [-0.2, 0) is 5.41 Å². The Hall–Kier alpha value is -1.49. The van der Waals surface area contributed by atoms with Crippen molar-refractivity contribution in [2.45, 2.75) is 31.1 Å². The molecular weight excluding hydrogens is 240 g/mol. The van der Waals surface area contributed by atoms with Gasteiger partial charge in [0.05, 0.1) is 5.56 Å². The van der Waals surface area contributed by atoms with E-state index in [1.54, 1.807) is 0 Å². The van der Waals surface area contributed by atoms with E-state index in [1.807, 2.05) is 0 Å². The molecule has 1 aromatic rings. The monoisotopic (exact) mass is 255 g/mol. The second-order valence-electron chi connectivity index (χ2n) is 4.81. The fourth-order valence-corrected chi connectivity index (χ4v) is 2.75. The second kappa shape index (κ2) is 4.65. The fourth-order valence-electron chi connectivity index (χ4n) is 2.75. The number of halogens is 2. The largest absolute Gasteiger partial charge is 0.478 e. The summed E-state index contributed by atoms with van der Waals surface area (Å²) in [7, 11) is 0. The van der Waals surface area contributed by atoms with Gasteiger partial charge in [-0.2, -0.15) is 0 Å². The van der Waals surface area contributed by atoms with Gasteiger partial charge >= 0.3 is 5.97 Å². The highest BCUT2D eigenvalue weighted by molar-refractivity contribution is 5.88. The number of benzene rings is 1. The summed E-state index contributed by atoms with van der Waals surface area (Å²) in [5, 5.41) is 8.89. The number of hydrogen-bond acceptors (Lipinski definition) is 2. The molecule has 1 aliphatic carbocycles. The highest BCUT2D eigenvalue weighted by atomic mass is 19.1. The van der Waals surface area contributed by atoms with Crippen LogP contribution in [0.5, 0.6) is 0 Å². The number of carbonyl (C=O) groups is 1. The molecule has 0 aliphatic heterocycles. The van der Waals surface area contributed by atoms with Gasteiger partial charge in [0.25, 0.3) is 0 Å². The number of hydrogen-bond donors (Lipinski definition) is 2. The molecule has 1 fully saturated rings. The zero-order valence-corrected chi connectivity index (χ0v) is 9.88. The first-order valence-electron chi connectivity index (χ1n) is 5.93. The third-order valence-corrected chi connectivity index (χ3v) is 3.81. The van der Waals surface area contributed by atoms with Gasteiger partial charge in [0.15, 0.2) is 0 Å². The van der Waals surface area contributed by atoms with Crippen molar-refractivity contribution in [3.63, 3.8) is 0 Å². The Morgan fingerprint density at radius 1 is 1.28 bits per heavy atom. The van der Waals surface area contributed by atoms with E-state index < -0.39 is 28.6 Å². The molecule has 0 unspecified atom stereocenters. The van der Waals surface area contributed by atoms with Crippen molar-refractivity contribution in [1.29, 1.82) is 0 Å². The molecule has 5 heteroatoms. The lowest BCUT2D eigenvalue weighted by Crippen LogP contribution is -2.33. The molecule has 0 atom stereocenters. The van der Waals surface area contributed by atoms with Crippen molar-refractivity contribution in [2.75, 3.05) is 6.54 Å². The summed E-state index contributed by atoms with van der Waals surface area (Å²) in [5.41, 5.74) is 4.93. The molecule has 0 heterocycles. The first kappa shape index (κ1) is 13.0. The van der Waals surface area contributed by atoms with Gasteiger partial charge in [-0.05, 0) is 24.5 Å². The zero-order chi connectivity index (χ0) is 13.3. The van der Waals surface area contributed by atoms with Crippen LogP contribution in [-0.4, -0.2) is 17.6 Å². The third-order valence-electron chi connectivity index (χ3n) is 3.81. The Kier molecular flexibility index (Phi) is 3.34. The molecule has 1 aromatic carbocycles. The second-order valence-corrected chi connectivity index (χ2v) is 4.81. The molecule has 3 nitrogen and oxygen atoms in total. The van der Waals surface area contributed by atoms with Crippen molar-refractivity contribution in [3.8, 4) is 0 Å². The van der Waals surface area contributed by atoms with Crippen molar-refractivity contribution in [2.24, 2.45) is 5.73 Å². The van der Waals surface area contributed by atoms with Crippen molar-refractivity contribution >= 4 is 5.97 Å². The molecule has 0 radical (unpaired) electrons. The summed E-state index contributed by atoms with van der Waals surface area (Å²) in [6.45, 7) is 0.245. The number of carboxylic acid groups (broad SMARTS) is 1. The van der Waals surface area contributed by atoms with Crippen molar-refractivity contribution < 1.29 is 18.7 Å². The maximum Gasteiger partial charge on any atom is 0.338 e. The van der Waals surface area contributed by atoms with E-state index in [0.29, 0.717) is 18.9 Å². The summed E-state index contributed by atoms with van der Waals surface area (Å²) >= 11 is 0. The molecule has 18 heavy (non-hydrogen) atoms. The number of rotatable bonds is 3.